The fourth-order valence-electron chi connectivity index (χ4n) is 1.19. The first-order chi connectivity index (χ1) is 6.66. The summed E-state index contributed by atoms with van der Waals surface area (Å²) < 4.78 is 0. The van der Waals surface area contributed by atoms with Crippen molar-refractivity contribution in [2.24, 2.45) is 0 Å². The van der Waals surface area contributed by atoms with Gasteiger partial charge in [-0.15, -0.1) is 11.6 Å². The fraction of sp³-hybridized carbons (Fsp3) is 0.200. The number of nitrogens with zero attached hydrogens (tertiary/aromatic N) is 1. The zero-order valence-corrected chi connectivity index (χ0v) is 8.49. The zero-order valence-electron chi connectivity index (χ0n) is 7.74. The summed E-state index contributed by atoms with van der Waals surface area (Å²) in [4.78, 5) is 10.2. The van der Waals surface area contributed by atoms with Crippen LogP contribution in [-0.4, -0.2) is 10.8 Å². The van der Waals surface area contributed by atoms with Crippen LogP contribution in [0.15, 0.2) is 24.3 Å². The standard InChI is InChI=1S/C10H10ClNO2/c1-8-9(5-3-7-11)4-2-6-10(8)12(13)14/h2-6H,7H2,1H3. The third kappa shape index (κ3) is 2.33. The van der Waals surface area contributed by atoms with Gasteiger partial charge in [0.2, 0.25) is 0 Å². The molecule has 0 spiro atoms. The van der Waals surface area contributed by atoms with Crippen LogP contribution in [0.1, 0.15) is 11.1 Å². The minimum atomic E-state index is -0.382. The van der Waals surface area contributed by atoms with Crippen LogP contribution in [0.4, 0.5) is 5.69 Å². The predicted octanol–water partition coefficient (Wildman–Crippen LogP) is 3.16. The summed E-state index contributed by atoms with van der Waals surface area (Å²) >= 11 is 5.49. The van der Waals surface area contributed by atoms with Gasteiger partial charge >= 0.3 is 0 Å². The fourth-order valence-corrected chi connectivity index (χ4v) is 1.28. The van der Waals surface area contributed by atoms with Gasteiger partial charge in [-0.2, -0.15) is 0 Å². The monoisotopic (exact) mass is 211 g/mol. The number of nitro benzene ring substituents is 1. The van der Waals surface area contributed by atoms with Crippen LogP contribution in [0.5, 0.6) is 0 Å². The number of halogens is 1. The summed E-state index contributed by atoms with van der Waals surface area (Å²) in [6.07, 6.45) is 3.54. The summed E-state index contributed by atoms with van der Waals surface area (Å²) in [5.41, 5.74) is 1.64. The van der Waals surface area contributed by atoms with Gasteiger partial charge in [-0.25, -0.2) is 0 Å². The van der Waals surface area contributed by atoms with E-state index in [1.165, 1.54) is 6.07 Å². The number of alkyl halides is 1. The number of hydrogen-bond acceptors (Lipinski definition) is 2. The molecule has 0 aliphatic rings. The molecule has 0 N–H and O–H groups in total. The summed E-state index contributed by atoms with van der Waals surface area (Å²) in [6, 6.07) is 4.98. The molecule has 0 radical (unpaired) electrons. The highest BCUT2D eigenvalue weighted by Crippen LogP contribution is 2.21. The summed E-state index contributed by atoms with van der Waals surface area (Å²) in [5, 5.41) is 10.6. The Bertz CT molecular complexity index is 374. The minimum Gasteiger partial charge on any atom is -0.258 e. The van der Waals surface area contributed by atoms with Gasteiger partial charge in [-0.05, 0) is 12.5 Å². The first-order valence-electron chi connectivity index (χ1n) is 4.13. The van der Waals surface area contributed by atoms with E-state index < -0.39 is 0 Å². The predicted molar refractivity (Wildman–Crippen MR) is 57.6 cm³/mol. The first kappa shape index (κ1) is 10.7. The quantitative estimate of drug-likeness (QED) is 0.438. The van der Waals surface area contributed by atoms with Crippen molar-refractivity contribution in [3.05, 3.63) is 45.5 Å². The Labute approximate surface area is 87.2 Å². The molecule has 1 rings (SSSR count). The van der Waals surface area contributed by atoms with E-state index in [0.717, 1.165) is 5.56 Å². The van der Waals surface area contributed by atoms with Crippen LogP contribution in [0.3, 0.4) is 0 Å². The summed E-state index contributed by atoms with van der Waals surface area (Å²) in [7, 11) is 0. The normalized spacial score (nSPS) is 10.7. The Morgan fingerprint density at radius 2 is 2.29 bits per heavy atom. The molecule has 0 aliphatic carbocycles. The van der Waals surface area contributed by atoms with Crippen LogP contribution in [-0.2, 0) is 0 Å². The average Bonchev–Trinajstić information content (AvgIpc) is 2.16. The first-order valence-corrected chi connectivity index (χ1v) is 4.66. The minimum absolute atomic E-state index is 0.140. The molecule has 0 unspecified atom stereocenters. The number of hydrogen-bond donors (Lipinski definition) is 0. The maximum atomic E-state index is 10.6. The van der Waals surface area contributed by atoms with Crippen LogP contribution in [0.25, 0.3) is 6.08 Å². The Balaban J connectivity index is 3.14. The Morgan fingerprint density at radius 1 is 1.57 bits per heavy atom. The number of nitro groups is 1. The Morgan fingerprint density at radius 3 is 2.86 bits per heavy atom. The highest BCUT2D eigenvalue weighted by molar-refractivity contribution is 6.19. The summed E-state index contributed by atoms with van der Waals surface area (Å²) in [5.74, 6) is 0.405. The maximum Gasteiger partial charge on any atom is 0.272 e. The molecule has 0 bridgehead atoms. The van der Waals surface area contributed by atoms with Gasteiger partial charge in [-0.1, -0.05) is 24.3 Å². The molecular weight excluding hydrogens is 202 g/mol. The van der Waals surface area contributed by atoms with Crippen LogP contribution in [0, 0.1) is 17.0 Å². The molecule has 0 aliphatic heterocycles. The van der Waals surface area contributed by atoms with Gasteiger partial charge < -0.3 is 0 Å². The smallest absolute Gasteiger partial charge is 0.258 e. The zero-order chi connectivity index (χ0) is 10.6. The van der Waals surface area contributed by atoms with E-state index in [-0.39, 0.29) is 10.6 Å². The second-order valence-corrected chi connectivity index (χ2v) is 3.11. The van der Waals surface area contributed by atoms with E-state index in [2.05, 4.69) is 0 Å². The van der Waals surface area contributed by atoms with E-state index in [1.807, 2.05) is 6.07 Å². The second kappa shape index (κ2) is 4.77. The number of rotatable bonds is 3. The third-order valence-corrected chi connectivity index (χ3v) is 2.11. The van der Waals surface area contributed by atoms with Crippen molar-refractivity contribution >= 4 is 23.4 Å². The number of allylic oxidation sites excluding steroid dienone is 1. The lowest BCUT2D eigenvalue weighted by Crippen LogP contribution is -1.93. The van der Waals surface area contributed by atoms with Crippen molar-refractivity contribution < 1.29 is 4.92 Å². The lowest BCUT2D eigenvalue weighted by Gasteiger charge is -2.00. The average molecular weight is 212 g/mol. The molecule has 0 saturated heterocycles. The van der Waals surface area contributed by atoms with Crippen molar-refractivity contribution in [3.63, 3.8) is 0 Å². The molecule has 0 fully saturated rings. The molecule has 14 heavy (non-hydrogen) atoms. The SMILES string of the molecule is Cc1c(C=CCCl)cccc1[N+](=O)[O-]. The van der Waals surface area contributed by atoms with Gasteiger partial charge in [-0.3, -0.25) is 10.1 Å². The third-order valence-electron chi connectivity index (χ3n) is 1.93. The van der Waals surface area contributed by atoms with Crippen LogP contribution >= 0.6 is 11.6 Å². The Hall–Kier alpha value is -1.35. The van der Waals surface area contributed by atoms with Crippen molar-refractivity contribution in [1.29, 1.82) is 0 Å². The van der Waals surface area contributed by atoms with Crippen molar-refractivity contribution in [2.75, 3.05) is 5.88 Å². The van der Waals surface area contributed by atoms with Crippen molar-refractivity contribution in [1.82, 2.24) is 0 Å². The largest absolute Gasteiger partial charge is 0.272 e. The molecule has 74 valence electrons. The maximum absolute atomic E-state index is 10.6. The van der Waals surface area contributed by atoms with E-state index in [0.29, 0.717) is 11.4 Å². The van der Waals surface area contributed by atoms with Crippen molar-refractivity contribution in [2.45, 2.75) is 6.92 Å². The van der Waals surface area contributed by atoms with Gasteiger partial charge in [0, 0.05) is 17.5 Å². The molecule has 0 atom stereocenters. The van der Waals surface area contributed by atoms with Gasteiger partial charge in [0.15, 0.2) is 0 Å². The molecule has 0 saturated carbocycles. The summed E-state index contributed by atoms with van der Waals surface area (Å²) in [6.45, 7) is 1.73. The van der Waals surface area contributed by atoms with Gasteiger partial charge in [0.1, 0.15) is 0 Å². The van der Waals surface area contributed by atoms with E-state index in [4.69, 9.17) is 11.6 Å². The van der Waals surface area contributed by atoms with E-state index in [9.17, 15) is 10.1 Å². The molecule has 0 heterocycles. The van der Waals surface area contributed by atoms with Gasteiger partial charge in [0.05, 0.1) is 4.92 Å². The lowest BCUT2D eigenvalue weighted by atomic mass is 10.1. The highest BCUT2D eigenvalue weighted by Gasteiger charge is 2.10. The molecule has 0 aromatic heterocycles. The molecule has 0 amide bonds. The number of benzene rings is 1. The van der Waals surface area contributed by atoms with E-state index in [1.54, 1.807) is 25.1 Å². The van der Waals surface area contributed by atoms with Crippen LogP contribution < -0.4 is 0 Å². The topological polar surface area (TPSA) is 43.1 Å². The molecule has 1 aromatic carbocycles. The Kier molecular flexibility index (Phi) is 3.65. The molecular formula is C10H10ClNO2. The van der Waals surface area contributed by atoms with E-state index >= 15 is 0 Å². The second-order valence-electron chi connectivity index (χ2n) is 2.81. The molecule has 4 heteroatoms. The van der Waals surface area contributed by atoms with Crippen LogP contribution in [0.2, 0.25) is 0 Å². The van der Waals surface area contributed by atoms with Crippen molar-refractivity contribution in [3.8, 4) is 0 Å². The molecule has 3 nitrogen and oxygen atoms in total. The molecule has 1 aromatic rings. The lowest BCUT2D eigenvalue weighted by molar-refractivity contribution is -0.385. The van der Waals surface area contributed by atoms with Gasteiger partial charge in [0.25, 0.3) is 5.69 Å². The highest BCUT2D eigenvalue weighted by atomic mass is 35.5.